The number of nitrogens with zero attached hydrogens (tertiary/aromatic N) is 1. The van der Waals surface area contributed by atoms with Crippen molar-refractivity contribution < 1.29 is 4.39 Å². The smallest absolute Gasteiger partial charge is 0.191 e. The molecule has 0 radical (unpaired) electrons. The van der Waals surface area contributed by atoms with Crippen LogP contribution in [0.15, 0.2) is 59.6 Å². The van der Waals surface area contributed by atoms with E-state index in [2.05, 4.69) is 38.8 Å². The number of aromatic nitrogens is 1. The molecule has 0 bridgehead atoms. The van der Waals surface area contributed by atoms with Crippen molar-refractivity contribution in [3.05, 3.63) is 71.7 Å². The van der Waals surface area contributed by atoms with Crippen LogP contribution in [0.4, 0.5) is 4.39 Å². The standard InChI is InChI=1S/C18H19FN4/c1-20-18(21-11-13-6-8-15(19)9-7-13)22-12-16-10-14-4-2-3-5-17(14)23-16/h2-10,23H,11-12H2,1H3,(H2,20,21,22). The highest BCUT2D eigenvalue weighted by atomic mass is 19.1. The van der Waals surface area contributed by atoms with Crippen molar-refractivity contribution in [3.8, 4) is 0 Å². The van der Waals surface area contributed by atoms with Gasteiger partial charge in [0.15, 0.2) is 5.96 Å². The Morgan fingerprint density at radius 2 is 1.78 bits per heavy atom. The highest BCUT2D eigenvalue weighted by molar-refractivity contribution is 5.81. The van der Waals surface area contributed by atoms with Crippen LogP contribution in [-0.4, -0.2) is 18.0 Å². The molecule has 5 heteroatoms. The predicted molar refractivity (Wildman–Crippen MR) is 91.7 cm³/mol. The van der Waals surface area contributed by atoms with Crippen molar-refractivity contribution in [2.24, 2.45) is 4.99 Å². The first kappa shape index (κ1) is 15.1. The molecular weight excluding hydrogens is 291 g/mol. The van der Waals surface area contributed by atoms with Gasteiger partial charge >= 0.3 is 0 Å². The lowest BCUT2D eigenvalue weighted by atomic mass is 10.2. The molecule has 23 heavy (non-hydrogen) atoms. The molecule has 0 saturated carbocycles. The number of fused-ring (bicyclic) bond motifs is 1. The summed E-state index contributed by atoms with van der Waals surface area (Å²) in [5.74, 6) is 0.475. The van der Waals surface area contributed by atoms with Gasteiger partial charge in [0.1, 0.15) is 5.82 Å². The minimum absolute atomic E-state index is 0.227. The molecule has 2 aromatic carbocycles. The number of aromatic amines is 1. The monoisotopic (exact) mass is 310 g/mol. The third kappa shape index (κ3) is 3.88. The quantitative estimate of drug-likeness (QED) is 0.512. The Morgan fingerprint density at radius 3 is 2.52 bits per heavy atom. The van der Waals surface area contributed by atoms with Crippen molar-refractivity contribution in [2.75, 3.05) is 7.05 Å². The predicted octanol–water partition coefficient (Wildman–Crippen LogP) is 3.17. The van der Waals surface area contributed by atoms with Crippen LogP contribution in [-0.2, 0) is 13.1 Å². The van der Waals surface area contributed by atoms with Gasteiger partial charge in [-0.2, -0.15) is 0 Å². The first-order chi connectivity index (χ1) is 11.2. The number of H-pyrrole nitrogens is 1. The van der Waals surface area contributed by atoms with Crippen LogP contribution in [0.2, 0.25) is 0 Å². The molecule has 0 saturated heterocycles. The van der Waals surface area contributed by atoms with Crippen molar-refractivity contribution in [1.82, 2.24) is 15.6 Å². The number of nitrogens with one attached hydrogen (secondary N) is 3. The molecule has 0 unspecified atom stereocenters. The Labute approximate surface area is 134 Å². The van der Waals surface area contributed by atoms with Crippen LogP contribution in [0.1, 0.15) is 11.3 Å². The summed E-state index contributed by atoms with van der Waals surface area (Å²) >= 11 is 0. The zero-order valence-electron chi connectivity index (χ0n) is 12.9. The van der Waals surface area contributed by atoms with Crippen molar-refractivity contribution >= 4 is 16.9 Å². The number of hydrogen-bond acceptors (Lipinski definition) is 1. The van der Waals surface area contributed by atoms with Gasteiger partial charge in [0.2, 0.25) is 0 Å². The van der Waals surface area contributed by atoms with E-state index in [0.29, 0.717) is 19.0 Å². The lowest BCUT2D eigenvalue weighted by molar-refractivity contribution is 0.626. The van der Waals surface area contributed by atoms with E-state index >= 15 is 0 Å². The number of benzene rings is 2. The summed E-state index contributed by atoms with van der Waals surface area (Å²) < 4.78 is 12.9. The average Bonchev–Trinajstić information content (AvgIpc) is 2.99. The molecule has 4 nitrogen and oxygen atoms in total. The van der Waals surface area contributed by atoms with E-state index < -0.39 is 0 Å². The Kier molecular flexibility index (Phi) is 4.57. The summed E-state index contributed by atoms with van der Waals surface area (Å²) in [6, 6.07) is 16.7. The molecule has 0 aliphatic rings. The number of rotatable bonds is 4. The first-order valence-electron chi connectivity index (χ1n) is 7.50. The molecule has 3 N–H and O–H groups in total. The highest BCUT2D eigenvalue weighted by Crippen LogP contribution is 2.14. The van der Waals surface area contributed by atoms with Crippen LogP contribution in [0.25, 0.3) is 10.9 Å². The second kappa shape index (κ2) is 6.96. The summed E-state index contributed by atoms with van der Waals surface area (Å²) in [7, 11) is 1.73. The molecule has 0 aliphatic heterocycles. The lowest BCUT2D eigenvalue weighted by Crippen LogP contribution is -2.36. The SMILES string of the molecule is CN=C(NCc1ccc(F)cc1)NCc1cc2ccccc2[nH]1. The molecule has 3 rings (SSSR count). The summed E-state index contributed by atoms with van der Waals surface area (Å²) in [6.45, 7) is 1.24. The Hall–Kier alpha value is -2.82. The lowest BCUT2D eigenvalue weighted by Gasteiger charge is -2.11. The first-order valence-corrected chi connectivity index (χ1v) is 7.50. The van der Waals surface area contributed by atoms with Crippen LogP contribution in [0.5, 0.6) is 0 Å². The normalized spacial score (nSPS) is 11.7. The second-order valence-electron chi connectivity index (χ2n) is 5.29. The van der Waals surface area contributed by atoms with Crippen LogP contribution >= 0.6 is 0 Å². The Balaban J connectivity index is 1.56. The fraction of sp³-hybridized carbons (Fsp3) is 0.167. The number of aliphatic imine (C=N–C) groups is 1. The topological polar surface area (TPSA) is 52.2 Å². The molecule has 1 heterocycles. The summed E-state index contributed by atoms with van der Waals surface area (Å²) in [6.07, 6.45) is 0. The van der Waals surface area contributed by atoms with Gasteiger partial charge in [-0.1, -0.05) is 30.3 Å². The van der Waals surface area contributed by atoms with Gasteiger partial charge in [-0.05, 0) is 35.2 Å². The molecule has 0 atom stereocenters. The number of hydrogen-bond donors (Lipinski definition) is 3. The molecular formula is C18H19FN4. The van der Waals surface area contributed by atoms with Crippen LogP contribution < -0.4 is 10.6 Å². The highest BCUT2D eigenvalue weighted by Gasteiger charge is 2.02. The van der Waals surface area contributed by atoms with Gasteiger partial charge in [-0.15, -0.1) is 0 Å². The maximum atomic E-state index is 12.9. The number of para-hydroxylation sites is 1. The molecule has 0 aliphatic carbocycles. The minimum Gasteiger partial charge on any atom is -0.357 e. The summed E-state index contributed by atoms with van der Waals surface area (Å²) in [4.78, 5) is 7.56. The number of halogens is 1. The number of guanidine groups is 1. The van der Waals surface area contributed by atoms with Gasteiger partial charge in [0.05, 0.1) is 6.54 Å². The third-order valence-corrected chi connectivity index (χ3v) is 3.63. The molecule has 0 spiro atoms. The molecule has 118 valence electrons. The molecule has 3 aromatic rings. The molecule has 1 aromatic heterocycles. The molecule has 0 amide bonds. The van der Waals surface area contributed by atoms with Crippen LogP contribution in [0.3, 0.4) is 0 Å². The van der Waals surface area contributed by atoms with Gasteiger partial charge in [0, 0.05) is 24.8 Å². The maximum Gasteiger partial charge on any atom is 0.191 e. The largest absolute Gasteiger partial charge is 0.357 e. The Bertz CT molecular complexity index is 772. The van der Waals surface area contributed by atoms with E-state index in [1.54, 1.807) is 19.2 Å². The second-order valence-corrected chi connectivity index (χ2v) is 5.29. The third-order valence-electron chi connectivity index (χ3n) is 3.63. The fourth-order valence-electron chi connectivity index (χ4n) is 2.42. The van der Waals surface area contributed by atoms with Crippen molar-refractivity contribution in [1.29, 1.82) is 0 Å². The van der Waals surface area contributed by atoms with Gasteiger partial charge in [0.25, 0.3) is 0 Å². The van der Waals surface area contributed by atoms with E-state index in [0.717, 1.165) is 16.8 Å². The van der Waals surface area contributed by atoms with Crippen LogP contribution in [0, 0.1) is 5.82 Å². The van der Waals surface area contributed by atoms with E-state index in [4.69, 9.17) is 0 Å². The maximum absolute atomic E-state index is 12.9. The van der Waals surface area contributed by atoms with Gasteiger partial charge < -0.3 is 15.6 Å². The van der Waals surface area contributed by atoms with Gasteiger partial charge in [-0.25, -0.2) is 4.39 Å². The summed E-state index contributed by atoms with van der Waals surface area (Å²) in [5, 5.41) is 7.67. The van der Waals surface area contributed by atoms with E-state index in [1.165, 1.54) is 17.5 Å². The van der Waals surface area contributed by atoms with E-state index in [1.807, 2.05) is 12.1 Å². The van der Waals surface area contributed by atoms with Crippen molar-refractivity contribution in [3.63, 3.8) is 0 Å². The zero-order chi connectivity index (χ0) is 16.1. The van der Waals surface area contributed by atoms with Crippen molar-refractivity contribution in [2.45, 2.75) is 13.1 Å². The Morgan fingerprint density at radius 1 is 1.04 bits per heavy atom. The molecule has 0 fully saturated rings. The average molecular weight is 310 g/mol. The fourth-order valence-corrected chi connectivity index (χ4v) is 2.42. The zero-order valence-corrected chi connectivity index (χ0v) is 12.9. The van der Waals surface area contributed by atoms with E-state index in [9.17, 15) is 4.39 Å². The summed E-state index contributed by atoms with van der Waals surface area (Å²) in [5.41, 5.74) is 3.22. The van der Waals surface area contributed by atoms with E-state index in [-0.39, 0.29) is 5.82 Å². The minimum atomic E-state index is -0.227. The van der Waals surface area contributed by atoms with Gasteiger partial charge in [-0.3, -0.25) is 4.99 Å².